The number of hydrogen-bond donors (Lipinski definition) is 1. The topological polar surface area (TPSA) is 107 Å². The van der Waals surface area contributed by atoms with Crippen molar-refractivity contribution in [1.29, 1.82) is 0 Å². The van der Waals surface area contributed by atoms with Crippen LogP contribution in [0.1, 0.15) is 27.2 Å². The fourth-order valence-electron chi connectivity index (χ4n) is 3.33. The molecule has 1 heterocycles. The van der Waals surface area contributed by atoms with Gasteiger partial charge in [-0.3, -0.25) is 19.9 Å². The van der Waals surface area contributed by atoms with Crippen LogP contribution in [0.15, 0.2) is 71.8 Å². The second-order valence-corrected chi connectivity index (χ2v) is 7.92. The van der Waals surface area contributed by atoms with E-state index in [0.717, 1.165) is 22.0 Å². The van der Waals surface area contributed by atoms with Gasteiger partial charge in [0.25, 0.3) is 11.6 Å². The molecule has 8 nitrogen and oxygen atoms in total. The third kappa shape index (κ3) is 5.02. The van der Waals surface area contributed by atoms with Gasteiger partial charge in [-0.15, -0.1) is 0 Å². The van der Waals surface area contributed by atoms with Gasteiger partial charge in [-0.2, -0.15) is 5.10 Å². The van der Waals surface area contributed by atoms with E-state index in [-0.39, 0.29) is 16.6 Å². The number of aryl methyl sites for hydroxylation is 2. The van der Waals surface area contributed by atoms with E-state index >= 15 is 0 Å². The van der Waals surface area contributed by atoms with Gasteiger partial charge in [-0.05, 0) is 61.4 Å². The minimum Gasteiger partial charge on any atom is -0.456 e. The van der Waals surface area contributed by atoms with Gasteiger partial charge >= 0.3 is 0 Å². The Kier molecular flexibility index (Phi) is 6.51. The standard InChI is InChI=1S/C25H19ClN4O4/c1-15-4-3-5-18-12-21(16(2)28-24(15)18)25(31)29-27-14-17-6-9-20(10-7-17)34-23-11-8-19(30(32)33)13-22(23)26/h3-14H,1-2H3,(H,29,31). The fourth-order valence-corrected chi connectivity index (χ4v) is 3.54. The lowest BCUT2D eigenvalue weighted by Crippen LogP contribution is -2.19. The largest absolute Gasteiger partial charge is 0.456 e. The molecule has 4 rings (SSSR count). The number of rotatable bonds is 6. The summed E-state index contributed by atoms with van der Waals surface area (Å²) in [6, 6.07) is 18.5. The molecule has 170 valence electrons. The molecule has 0 saturated carbocycles. The molecular weight excluding hydrogens is 456 g/mol. The maximum absolute atomic E-state index is 12.6. The van der Waals surface area contributed by atoms with Crippen molar-refractivity contribution in [1.82, 2.24) is 10.4 Å². The van der Waals surface area contributed by atoms with E-state index in [1.165, 1.54) is 24.4 Å². The van der Waals surface area contributed by atoms with E-state index in [2.05, 4.69) is 15.5 Å². The summed E-state index contributed by atoms with van der Waals surface area (Å²) >= 11 is 6.06. The van der Waals surface area contributed by atoms with Crippen LogP contribution in [0.2, 0.25) is 5.02 Å². The molecule has 0 aliphatic carbocycles. The molecule has 1 amide bonds. The molecule has 34 heavy (non-hydrogen) atoms. The minimum atomic E-state index is -0.526. The summed E-state index contributed by atoms with van der Waals surface area (Å²) in [5, 5.41) is 15.9. The van der Waals surface area contributed by atoms with E-state index in [9.17, 15) is 14.9 Å². The number of fused-ring (bicyclic) bond motifs is 1. The zero-order chi connectivity index (χ0) is 24.2. The number of carbonyl (C=O) groups excluding carboxylic acids is 1. The zero-order valence-electron chi connectivity index (χ0n) is 18.3. The number of hydrogen-bond acceptors (Lipinski definition) is 6. The molecule has 1 N–H and O–H groups in total. The number of benzene rings is 3. The zero-order valence-corrected chi connectivity index (χ0v) is 19.0. The number of pyridine rings is 1. The van der Waals surface area contributed by atoms with Gasteiger partial charge in [0, 0.05) is 17.5 Å². The van der Waals surface area contributed by atoms with Gasteiger partial charge < -0.3 is 4.74 Å². The van der Waals surface area contributed by atoms with Crippen molar-refractivity contribution in [3.63, 3.8) is 0 Å². The molecule has 0 bridgehead atoms. The first-order chi connectivity index (χ1) is 16.3. The summed E-state index contributed by atoms with van der Waals surface area (Å²) in [7, 11) is 0. The van der Waals surface area contributed by atoms with Crippen LogP contribution in [-0.4, -0.2) is 22.0 Å². The number of para-hydroxylation sites is 1. The molecule has 0 unspecified atom stereocenters. The van der Waals surface area contributed by atoms with Crippen LogP contribution in [0.5, 0.6) is 11.5 Å². The summed E-state index contributed by atoms with van der Waals surface area (Å²) in [4.78, 5) is 27.4. The Morgan fingerprint density at radius 3 is 2.59 bits per heavy atom. The monoisotopic (exact) mass is 474 g/mol. The molecule has 0 aliphatic heterocycles. The van der Waals surface area contributed by atoms with Crippen LogP contribution in [0, 0.1) is 24.0 Å². The van der Waals surface area contributed by atoms with Crippen LogP contribution in [0.4, 0.5) is 5.69 Å². The Hall–Kier alpha value is -4.30. The molecular formula is C25H19ClN4O4. The van der Waals surface area contributed by atoms with Crippen molar-refractivity contribution in [3.05, 3.63) is 104 Å². The van der Waals surface area contributed by atoms with Crippen molar-refractivity contribution >= 4 is 40.3 Å². The van der Waals surface area contributed by atoms with E-state index < -0.39 is 4.92 Å². The second-order valence-electron chi connectivity index (χ2n) is 7.51. The number of nitro groups is 1. The predicted octanol–water partition coefficient (Wildman–Crippen LogP) is 5.97. The molecule has 0 radical (unpaired) electrons. The van der Waals surface area contributed by atoms with Crippen LogP contribution < -0.4 is 10.2 Å². The fraction of sp³-hybridized carbons (Fsp3) is 0.0800. The normalized spacial score (nSPS) is 11.0. The Labute approximate surface area is 200 Å². The summed E-state index contributed by atoms with van der Waals surface area (Å²) in [5.74, 6) is 0.443. The Morgan fingerprint density at radius 1 is 1.12 bits per heavy atom. The SMILES string of the molecule is Cc1nc2c(C)cccc2cc1C(=O)NN=Cc1ccc(Oc2ccc([N+](=O)[O-])cc2Cl)cc1. The summed E-state index contributed by atoms with van der Waals surface area (Å²) < 4.78 is 5.68. The third-order valence-electron chi connectivity index (χ3n) is 5.10. The van der Waals surface area contributed by atoms with Crippen LogP contribution in [0.3, 0.4) is 0 Å². The van der Waals surface area contributed by atoms with Gasteiger partial charge in [0.15, 0.2) is 0 Å². The van der Waals surface area contributed by atoms with E-state index in [0.29, 0.717) is 22.8 Å². The van der Waals surface area contributed by atoms with E-state index in [4.69, 9.17) is 16.3 Å². The highest BCUT2D eigenvalue weighted by Crippen LogP contribution is 2.32. The average Bonchev–Trinajstić information content (AvgIpc) is 2.81. The Bertz CT molecular complexity index is 1440. The molecule has 0 aliphatic rings. The second kappa shape index (κ2) is 9.68. The molecule has 0 saturated heterocycles. The first kappa shape index (κ1) is 22.9. The van der Waals surface area contributed by atoms with E-state index in [1.54, 1.807) is 31.2 Å². The maximum Gasteiger partial charge on any atom is 0.273 e. The molecule has 0 fully saturated rings. The van der Waals surface area contributed by atoms with Crippen molar-refractivity contribution in [3.8, 4) is 11.5 Å². The summed E-state index contributed by atoms with van der Waals surface area (Å²) in [6.45, 7) is 3.77. The summed E-state index contributed by atoms with van der Waals surface area (Å²) in [6.07, 6.45) is 1.51. The van der Waals surface area contributed by atoms with Crippen molar-refractivity contribution in [2.24, 2.45) is 5.10 Å². The number of non-ortho nitro benzene ring substituents is 1. The van der Waals surface area contributed by atoms with Crippen molar-refractivity contribution in [2.75, 3.05) is 0 Å². The number of ether oxygens (including phenoxy) is 1. The quantitative estimate of drug-likeness (QED) is 0.210. The highest BCUT2D eigenvalue weighted by Gasteiger charge is 2.12. The first-order valence-corrected chi connectivity index (χ1v) is 10.6. The number of carbonyl (C=O) groups is 1. The Morgan fingerprint density at radius 2 is 1.88 bits per heavy atom. The average molecular weight is 475 g/mol. The lowest BCUT2D eigenvalue weighted by Gasteiger charge is -2.08. The van der Waals surface area contributed by atoms with Crippen LogP contribution >= 0.6 is 11.6 Å². The lowest BCUT2D eigenvalue weighted by molar-refractivity contribution is -0.384. The molecule has 9 heteroatoms. The number of nitro benzene ring substituents is 1. The van der Waals surface area contributed by atoms with Gasteiger partial charge in [0.1, 0.15) is 11.5 Å². The highest BCUT2D eigenvalue weighted by atomic mass is 35.5. The number of amides is 1. The van der Waals surface area contributed by atoms with Crippen molar-refractivity contribution < 1.29 is 14.5 Å². The van der Waals surface area contributed by atoms with Crippen LogP contribution in [-0.2, 0) is 0 Å². The summed E-state index contributed by atoms with van der Waals surface area (Å²) in [5.41, 5.74) is 6.15. The van der Waals surface area contributed by atoms with Gasteiger partial charge in [0.05, 0.1) is 32.9 Å². The molecule has 4 aromatic rings. The third-order valence-corrected chi connectivity index (χ3v) is 5.39. The number of hydrazone groups is 1. The van der Waals surface area contributed by atoms with Gasteiger partial charge in [0.2, 0.25) is 0 Å². The minimum absolute atomic E-state index is 0.115. The predicted molar refractivity (Wildman–Crippen MR) is 131 cm³/mol. The number of aromatic nitrogens is 1. The smallest absolute Gasteiger partial charge is 0.273 e. The molecule has 0 atom stereocenters. The van der Waals surface area contributed by atoms with Crippen LogP contribution in [0.25, 0.3) is 10.9 Å². The van der Waals surface area contributed by atoms with Crippen molar-refractivity contribution in [2.45, 2.75) is 13.8 Å². The number of nitrogens with zero attached hydrogens (tertiary/aromatic N) is 3. The lowest BCUT2D eigenvalue weighted by atomic mass is 10.1. The maximum atomic E-state index is 12.6. The van der Waals surface area contributed by atoms with E-state index in [1.807, 2.05) is 31.2 Å². The highest BCUT2D eigenvalue weighted by molar-refractivity contribution is 6.32. The first-order valence-electron chi connectivity index (χ1n) is 10.2. The van der Waals surface area contributed by atoms with Gasteiger partial charge in [-0.25, -0.2) is 5.43 Å². The number of nitrogens with one attached hydrogen (secondary N) is 1. The molecule has 3 aromatic carbocycles. The molecule has 0 spiro atoms. The molecule has 1 aromatic heterocycles. The number of halogens is 1. The Balaban J connectivity index is 1.41. The van der Waals surface area contributed by atoms with Gasteiger partial charge in [-0.1, -0.05) is 29.8 Å².